The minimum absolute atomic E-state index is 0.101. The summed E-state index contributed by atoms with van der Waals surface area (Å²) < 4.78 is 0. The highest BCUT2D eigenvalue weighted by molar-refractivity contribution is 5.89. The maximum atomic E-state index is 12.8. The number of anilines is 1. The van der Waals surface area contributed by atoms with Crippen molar-refractivity contribution in [2.75, 3.05) is 11.9 Å². The molecule has 7 heteroatoms. The second kappa shape index (κ2) is 7.35. The van der Waals surface area contributed by atoms with Crippen LogP contribution < -0.4 is 5.32 Å². The van der Waals surface area contributed by atoms with E-state index in [1.165, 1.54) is 0 Å². The summed E-state index contributed by atoms with van der Waals surface area (Å²) in [5.74, 6) is 1.34. The van der Waals surface area contributed by atoms with Gasteiger partial charge in [0.1, 0.15) is 5.82 Å². The molecule has 0 spiro atoms. The highest BCUT2D eigenvalue weighted by Gasteiger charge is 2.30. The van der Waals surface area contributed by atoms with Gasteiger partial charge in [-0.05, 0) is 43.5 Å². The topological polar surface area (TPSA) is 86.8 Å². The third-order valence-electron chi connectivity index (χ3n) is 4.55. The van der Waals surface area contributed by atoms with Crippen molar-refractivity contribution in [3.8, 4) is 11.4 Å². The smallest absolute Gasteiger partial charge is 0.314 e. The summed E-state index contributed by atoms with van der Waals surface area (Å²) in [4.78, 5) is 23.3. The Kier molecular flexibility index (Phi) is 4.59. The number of hydrogen-bond donors (Lipinski definition) is 2. The van der Waals surface area contributed by atoms with Crippen molar-refractivity contribution in [3.05, 3.63) is 60.7 Å². The lowest BCUT2D eigenvalue weighted by Crippen LogP contribution is -2.41. The minimum atomic E-state index is -0.109. The Morgan fingerprint density at radius 3 is 2.73 bits per heavy atom. The van der Waals surface area contributed by atoms with Gasteiger partial charge in [-0.15, -0.1) is 0 Å². The largest absolute Gasteiger partial charge is 0.322 e. The van der Waals surface area contributed by atoms with Gasteiger partial charge < -0.3 is 10.2 Å². The van der Waals surface area contributed by atoms with E-state index in [0.717, 1.165) is 36.3 Å². The van der Waals surface area contributed by atoms with E-state index >= 15 is 0 Å². The first-order valence-corrected chi connectivity index (χ1v) is 8.76. The fourth-order valence-corrected chi connectivity index (χ4v) is 3.23. The molecule has 3 heterocycles. The molecule has 2 N–H and O–H groups in total. The number of aromatic nitrogens is 4. The van der Waals surface area contributed by atoms with E-state index in [1.807, 2.05) is 47.4 Å². The van der Waals surface area contributed by atoms with Gasteiger partial charge in [-0.2, -0.15) is 5.10 Å². The summed E-state index contributed by atoms with van der Waals surface area (Å²) in [5, 5.41) is 10.3. The molecule has 1 atom stereocenters. The van der Waals surface area contributed by atoms with Crippen LogP contribution in [0.5, 0.6) is 0 Å². The Morgan fingerprint density at radius 2 is 1.92 bits per heavy atom. The molecular weight excluding hydrogens is 328 g/mol. The van der Waals surface area contributed by atoms with Crippen LogP contribution in [0.15, 0.2) is 54.9 Å². The highest BCUT2D eigenvalue weighted by Crippen LogP contribution is 2.30. The Morgan fingerprint density at radius 1 is 1.12 bits per heavy atom. The number of carbonyl (C=O) groups excluding carboxylic acids is 1. The summed E-state index contributed by atoms with van der Waals surface area (Å²) in [6.07, 6.45) is 6.35. The Balaban J connectivity index is 1.54. The number of carbonyl (C=O) groups is 1. The number of nitrogens with zero attached hydrogens (tertiary/aromatic N) is 4. The van der Waals surface area contributed by atoms with Crippen LogP contribution in [-0.2, 0) is 0 Å². The van der Waals surface area contributed by atoms with E-state index in [1.54, 1.807) is 12.4 Å². The normalized spacial score (nSPS) is 17.1. The molecule has 1 aromatic carbocycles. The summed E-state index contributed by atoms with van der Waals surface area (Å²) in [5.41, 5.74) is 1.69. The molecule has 0 saturated carbocycles. The number of H-pyrrole nitrogens is 1. The third-order valence-corrected chi connectivity index (χ3v) is 4.55. The Hall–Kier alpha value is -3.22. The lowest BCUT2D eigenvalue weighted by atomic mass is 10.0. The molecule has 2 aromatic heterocycles. The van der Waals surface area contributed by atoms with Crippen LogP contribution in [0.25, 0.3) is 11.4 Å². The molecule has 0 radical (unpaired) electrons. The van der Waals surface area contributed by atoms with Crippen molar-refractivity contribution in [1.82, 2.24) is 25.1 Å². The standard InChI is InChI=1S/C19H20N6O/c26-19(21-15-6-2-1-3-7-15)25-13-5-4-8-16(25)18-22-17(23-24-18)14-9-11-20-12-10-14/h1-3,6-7,9-12,16H,4-5,8,13H2,(H,21,26)(H,22,23,24). The van der Waals surface area contributed by atoms with Gasteiger partial charge >= 0.3 is 6.03 Å². The summed E-state index contributed by atoms with van der Waals surface area (Å²) in [7, 11) is 0. The number of piperidine rings is 1. The predicted octanol–water partition coefficient (Wildman–Crippen LogP) is 3.63. The van der Waals surface area contributed by atoms with Gasteiger partial charge in [0.2, 0.25) is 0 Å². The molecule has 1 aliphatic rings. The summed E-state index contributed by atoms with van der Waals surface area (Å²) in [6.45, 7) is 0.703. The van der Waals surface area contributed by atoms with Crippen molar-refractivity contribution in [2.24, 2.45) is 0 Å². The molecule has 2 amide bonds. The van der Waals surface area contributed by atoms with Crippen LogP contribution >= 0.6 is 0 Å². The summed E-state index contributed by atoms with van der Waals surface area (Å²) in [6, 6.07) is 13.0. The lowest BCUT2D eigenvalue weighted by Gasteiger charge is -2.34. The number of amides is 2. The number of rotatable bonds is 3. The first-order chi connectivity index (χ1) is 12.8. The van der Waals surface area contributed by atoms with Gasteiger partial charge in [-0.3, -0.25) is 10.1 Å². The van der Waals surface area contributed by atoms with Crippen molar-refractivity contribution in [3.63, 3.8) is 0 Å². The maximum Gasteiger partial charge on any atom is 0.322 e. The molecule has 1 aliphatic heterocycles. The van der Waals surface area contributed by atoms with Gasteiger partial charge in [0.25, 0.3) is 0 Å². The average Bonchev–Trinajstić information content (AvgIpc) is 3.19. The molecule has 26 heavy (non-hydrogen) atoms. The number of hydrogen-bond acceptors (Lipinski definition) is 4. The SMILES string of the molecule is O=C(Nc1ccccc1)N1CCCCC1c1nc(-c2ccncc2)n[nH]1. The van der Waals surface area contributed by atoms with Gasteiger partial charge in [0.15, 0.2) is 5.82 Å². The Labute approximate surface area is 151 Å². The number of para-hydroxylation sites is 1. The fourth-order valence-electron chi connectivity index (χ4n) is 3.23. The quantitative estimate of drug-likeness (QED) is 0.757. The van der Waals surface area contributed by atoms with E-state index in [2.05, 4.69) is 25.5 Å². The molecule has 0 aliphatic carbocycles. The first-order valence-electron chi connectivity index (χ1n) is 8.76. The van der Waals surface area contributed by atoms with Gasteiger partial charge in [-0.1, -0.05) is 18.2 Å². The fraction of sp³-hybridized carbons (Fsp3) is 0.263. The van der Waals surface area contributed by atoms with Crippen molar-refractivity contribution in [1.29, 1.82) is 0 Å². The second-order valence-corrected chi connectivity index (χ2v) is 6.28. The zero-order valence-corrected chi connectivity index (χ0v) is 14.3. The van der Waals surface area contributed by atoms with Crippen molar-refractivity contribution in [2.45, 2.75) is 25.3 Å². The molecule has 1 unspecified atom stereocenters. The van der Waals surface area contributed by atoms with Crippen LogP contribution in [0.1, 0.15) is 31.1 Å². The van der Waals surface area contributed by atoms with Crippen LogP contribution in [0.4, 0.5) is 10.5 Å². The number of aromatic amines is 1. The molecule has 0 bridgehead atoms. The predicted molar refractivity (Wildman–Crippen MR) is 98.4 cm³/mol. The van der Waals surface area contributed by atoms with E-state index in [9.17, 15) is 4.79 Å². The minimum Gasteiger partial charge on any atom is -0.314 e. The zero-order valence-electron chi connectivity index (χ0n) is 14.3. The van der Waals surface area contributed by atoms with Gasteiger partial charge in [0.05, 0.1) is 6.04 Å². The Bertz CT molecular complexity index is 864. The number of benzene rings is 1. The molecule has 7 nitrogen and oxygen atoms in total. The van der Waals surface area contributed by atoms with E-state index in [0.29, 0.717) is 12.4 Å². The van der Waals surface area contributed by atoms with E-state index in [4.69, 9.17) is 0 Å². The van der Waals surface area contributed by atoms with Gasteiger partial charge in [0, 0.05) is 30.2 Å². The van der Waals surface area contributed by atoms with Crippen LogP contribution in [0.3, 0.4) is 0 Å². The molecule has 132 valence electrons. The van der Waals surface area contributed by atoms with Gasteiger partial charge in [-0.25, -0.2) is 9.78 Å². The third kappa shape index (κ3) is 3.42. The number of urea groups is 1. The molecule has 3 aromatic rings. The molecular formula is C19H20N6O. The molecule has 4 rings (SSSR count). The average molecular weight is 348 g/mol. The monoisotopic (exact) mass is 348 g/mol. The van der Waals surface area contributed by atoms with Crippen molar-refractivity contribution >= 4 is 11.7 Å². The molecule has 1 fully saturated rings. The van der Waals surface area contributed by atoms with E-state index in [-0.39, 0.29) is 12.1 Å². The second-order valence-electron chi connectivity index (χ2n) is 6.28. The van der Waals surface area contributed by atoms with Crippen LogP contribution in [-0.4, -0.2) is 37.6 Å². The van der Waals surface area contributed by atoms with Crippen LogP contribution in [0.2, 0.25) is 0 Å². The maximum absolute atomic E-state index is 12.8. The lowest BCUT2D eigenvalue weighted by molar-refractivity contribution is 0.159. The highest BCUT2D eigenvalue weighted by atomic mass is 16.2. The van der Waals surface area contributed by atoms with E-state index < -0.39 is 0 Å². The first kappa shape index (κ1) is 16.3. The molecule has 1 saturated heterocycles. The number of pyridine rings is 1. The van der Waals surface area contributed by atoms with Crippen LogP contribution in [0, 0.1) is 0 Å². The number of nitrogens with one attached hydrogen (secondary N) is 2. The summed E-state index contributed by atoms with van der Waals surface area (Å²) >= 11 is 0. The number of likely N-dealkylation sites (tertiary alicyclic amines) is 1. The zero-order chi connectivity index (χ0) is 17.8. The van der Waals surface area contributed by atoms with Crippen molar-refractivity contribution < 1.29 is 4.79 Å².